The van der Waals surface area contributed by atoms with Crippen molar-refractivity contribution >= 4 is 34.7 Å². The van der Waals surface area contributed by atoms with Crippen LogP contribution >= 0.6 is 22.6 Å². The number of nitrogens with one attached hydrogen (secondary N) is 1. The third-order valence-corrected chi connectivity index (χ3v) is 3.64. The van der Waals surface area contributed by atoms with Crippen LogP contribution in [-0.4, -0.2) is 24.3 Å². The zero-order valence-corrected chi connectivity index (χ0v) is 13.4. The van der Waals surface area contributed by atoms with Crippen molar-refractivity contribution in [2.24, 2.45) is 5.10 Å². The van der Waals surface area contributed by atoms with Crippen LogP contribution in [0.1, 0.15) is 15.9 Å². The molecule has 2 N–H and O–H groups in total. The van der Waals surface area contributed by atoms with E-state index in [4.69, 9.17) is 4.74 Å². The Kier molecular flexibility index (Phi) is 5.15. The molecule has 0 saturated carbocycles. The van der Waals surface area contributed by atoms with E-state index in [9.17, 15) is 9.90 Å². The summed E-state index contributed by atoms with van der Waals surface area (Å²) < 4.78 is 5.85. The van der Waals surface area contributed by atoms with E-state index in [1.165, 1.54) is 19.4 Å². The molecule has 0 bridgehead atoms. The number of rotatable bonds is 4. The monoisotopic (exact) mass is 396 g/mol. The van der Waals surface area contributed by atoms with Crippen molar-refractivity contribution in [1.29, 1.82) is 0 Å². The van der Waals surface area contributed by atoms with Crippen molar-refractivity contribution in [3.63, 3.8) is 0 Å². The lowest BCUT2D eigenvalue weighted by molar-refractivity contribution is 0.0954. The van der Waals surface area contributed by atoms with E-state index in [1.807, 2.05) is 12.1 Å². The maximum atomic E-state index is 11.9. The van der Waals surface area contributed by atoms with Gasteiger partial charge in [0, 0.05) is 3.57 Å². The minimum atomic E-state index is -0.276. The number of amides is 1. The van der Waals surface area contributed by atoms with Gasteiger partial charge in [-0.3, -0.25) is 4.79 Å². The second-order valence-electron chi connectivity index (χ2n) is 4.11. The lowest BCUT2D eigenvalue weighted by atomic mass is 10.2. The van der Waals surface area contributed by atoms with E-state index < -0.39 is 0 Å². The van der Waals surface area contributed by atoms with Crippen LogP contribution in [0.25, 0.3) is 0 Å². The zero-order valence-electron chi connectivity index (χ0n) is 11.2. The van der Waals surface area contributed by atoms with Crippen LogP contribution in [0.15, 0.2) is 47.6 Å². The molecule has 0 radical (unpaired) electrons. The number of hydrazone groups is 1. The summed E-state index contributed by atoms with van der Waals surface area (Å²) in [4.78, 5) is 11.9. The maximum absolute atomic E-state index is 11.9. The summed E-state index contributed by atoms with van der Waals surface area (Å²) in [6, 6.07) is 12.0. The Bertz CT molecular complexity index is 686. The summed E-state index contributed by atoms with van der Waals surface area (Å²) >= 11 is 2.09. The molecule has 6 heteroatoms. The van der Waals surface area contributed by atoms with Gasteiger partial charge in [0.2, 0.25) is 0 Å². The van der Waals surface area contributed by atoms with Crippen molar-refractivity contribution in [2.75, 3.05) is 7.11 Å². The van der Waals surface area contributed by atoms with E-state index in [1.54, 1.807) is 24.3 Å². The summed E-state index contributed by atoms with van der Waals surface area (Å²) in [5.74, 6) is 0.127. The van der Waals surface area contributed by atoms with Crippen LogP contribution in [0.4, 0.5) is 0 Å². The second kappa shape index (κ2) is 7.07. The summed E-state index contributed by atoms with van der Waals surface area (Å²) in [5.41, 5.74) is 3.73. The molecular formula is C15H13IN2O3. The van der Waals surface area contributed by atoms with Crippen molar-refractivity contribution in [2.45, 2.75) is 0 Å². The third kappa shape index (κ3) is 3.94. The minimum Gasteiger partial charge on any atom is -0.504 e. The fourth-order valence-electron chi connectivity index (χ4n) is 1.65. The summed E-state index contributed by atoms with van der Waals surface area (Å²) in [6.07, 6.45) is 1.48. The van der Waals surface area contributed by atoms with Gasteiger partial charge in [-0.1, -0.05) is 12.1 Å². The first kappa shape index (κ1) is 15.3. The van der Waals surface area contributed by atoms with Gasteiger partial charge in [0.25, 0.3) is 5.91 Å². The Hall–Kier alpha value is -2.09. The van der Waals surface area contributed by atoms with Gasteiger partial charge in [-0.25, -0.2) is 5.43 Å². The smallest absolute Gasteiger partial charge is 0.272 e. The summed E-state index contributed by atoms with van der Waals surface area (Å²) in [7, 11) is 1.47. The summed E-state index contributed by atoms with van der Waals surface area (Å²) in [6.45, 7) is 0. The first-order valence-corrected chi connectivity index (χ1v) is 7.14. The van der Waals surface area contributed by atoms with Gasteiger partial charge >= 0.3 is 0 Å². The minimum absolute atomic E-state index is 0.0533. The number of phenols is 1. The number of carbonyl (C=O) groups excluding carboxylic acids is 1. The standard InChI is InChI=1S/C15H13IN2O3/c1-21-14-8-10(6-7-13(14)19)9-17-18-15(20)11-4-2-3-5-12(11)16/h2-9,19H,1H3,(H,18,20)/b17-9+. The predicted molar refractivity (Wildman–Crippen MR) is 88.9 cm³/mol. The molecule has 0 aromatic heterocycles. The fraction of sp³-hybridized carbons (Fsp3) is 0.0667. The average Bonchev–Trinajstić information content (AvgIpc) is 2.49. The molecule has 21 heavy (non-hydrogen) atoms. The van der Waals surface area contributed by atoms with Gasteiger partial charge in [0.15, 0.2) is 11.5 Å². The van der Waals surface area contributed by atoms with Crippen molar-refractivity contribution in [3.05, 3.63) is 57.2 Å². The van der Waals surface area contributed by atoms with Gasteiger partial charge in [-0.15, -0.1) is 0 Å². The highest BCUT2D eigenvalue weighted by Crippen LogP contribution is 2.25. The molecular weight excluding hydrogens is 383 g/mol. The van der Waals surface area contributed by atoms with Crippen LogP contribution < -0.4 is 10.2 Å². The number of phenolic OH excluding ortho intramolecular Hbond substituents is 1. The number of methoxy groups -OCH3 is 1. The molecule has 2 rings (SSSR count). The molecule has 108 valence electrons. The van der Waals surface area contributed by atoms with Crippen LogP contribution in [0.5, 0.6) is 11.5 Å². The molecule has 0 aliphatic carbocycles. The Balaban J connectivity index is 2.06. The Morgan fingerprint density at radius 1 is 1.33 bits per heavy atom. The number of halogens is 1. The molecule has 0 spiro atoms. The van der Waals surface area contributed by atoms with E-state index in [0.29, 0.717) is 16.9 Å². The fourth-order valence-corrected chi connectivity index (χ4v) is 2.28. The van der Waals surface area contributed by atoms with Gasteiger partial charge in [-0.2, -0.15) is 5.10 Å². The lowest BCUT2D eigenvalue weighted by Gasteiger charge is -2.04. The zero-order chi connectivity index (χ0) is 15.2. The highest BCUT2D eigenvalue weighted by molar-refractivity contribution is 14.1. The first-order valence-electron chi connectivity index (χ1n) is 6.06. The number of benzene rings is 2. The maximum Gasteiger partial charge on any atom is 0.272 e. The molecule has 2 aromatic rings. The van der Waals surface area contributed by atoms with Gasteiger partial charge in [0.1, 0.15) is 0 Å². The number of ether oxygens (including phenoxy) is 1. The van der Waals surface area contributed by atoms with Crippen LogP contribution in [0.3, 0.4) is 0 Å². The molecule has 0 saturated heterocycles. The Labute approximate surface area is 135 Å². The van der Waals surface area contributed by atoms with Crippen LogP contribution in [0.2, 0.25) is 0 Å². The van der Waals surface area contributed by atoms with Crippen molar-refractivity contribution in [3.8, 4) is 11.5 Å². The normalized spacial score (nSPS) is 10.6. The lowest BCUT2D eigenvalue weighted by Crippen LogP contribution is -2.18. The molecule has 0 atom stereocenters. The Morgan fingerprint density at radius 2 is 2.10 bits per heavy atom. The topological polar surface area (TPSA) is 70.9 Å². The number of hydrogen-bond donors (Lipinski definition) is 2. The first-order chi connectivity index (χ1) is 10.1. The summed E-state index contributed by atoms with van der Waals surface area (Å²) in [5, 5.41) is 13.4. The Morgan fingerprint density at radius 3 is 2.81 bits per heavy atom. The second-order valence-corrected chi connectivity index (χ2v) is 5.27. The highest BCUT2D eigenvalue weighted by Gasteiger charge is 2.07. The molecule has 5 nitrogen and oxygen atoms in total. The molecule has 0 fully saturated rings. The average molecular weight is 396 g/mol. The van der Waals surface area contributed by atoms with Crippen LogP contribution in [-0.2, 0) is 0 Å². The van der Waals surface area contributed by atoms with Crippen molar-refractivity contribution < 1.29 is 14.6 Å². The SMILES string of the molecule is COc1cc(/C=N/NC(=O)c2ccccc2I)ccc1O. The van der Waals surface area contributed by atoms with E-state index in [-0.39, 0.29) is 11.7 Å². The predicted octanol–water partition coefficient (Wildman–Crippen LogP) is 2.77. The third-order valence-electron chi connectivity index (χ3n) is 2.70. The number of carbonyl (C=O) groups is 1. The van der Waals surface area contributed by atoms with Crippen LogP contribution in [0, 0.1) is 3.57 Å². The van der Waals surface area contributed by atoms with Gasteiger partial charge in [-0.05, 0) is 58.5 Å². The molecule has 2 aromatic carbocycles. The van der Waals surface area contributed by atoms with E-state index >= 15 is 0 Å². The molecule has 0 aliphatic heterocycles. The van der Waals surface area contributed by atoms with Crippen molar-refractivity contribution in [1.82, 2.24) is 5.43 Å². The molecule has 0 aliphatic rings. The number of aromatic hydroxyl groups is 1. The number of hydrogen-bond acceptors (Lipinski definition) is 4. The highest BCUT2D eigenvalue weighted by atomic mass is 127. The number of nitrogens with zero attached hydrogens (tertiary/aromatic N) is 1. The van der Waals surface area contributed by atoms with E-state index in [2.05, 4.69) is 33.1 Å². The molecule has 1 amide bonds. The quantitative estimate of drug-likeness (QED) is 0.475. The van der Waals surface area contributed by atoms with Gasteiger partial charge < -0.3 is 9.84 Å². The largest absolute Gasteiger partial charge is 0.504 e. The van der Waals surface area contributed by atoms with Gasteiger partial charge in [0.05, 0.1) is 18.9 Å². The van der Waals surface area contributed by atoms with E-state index in [0.717, 1.165) is 3.57 Å². The molecule has 0 unspecified atom stereocenters. The molecule has 0 heterocycles.